The van der Waals surface area contributed by atoms with Gasteiger partial charge in [-0.25, -0.2) is 0 Å². The van der Waals surface area contributed by atoms with Crippen LogP contribution in [-0.2, 0) is 6.54 Å². The minimum absolute atomic E-state index is 0.00282. The highest BCUT2D eigenvalue weighted by molar-refractivity contribution is 5.94. The number of hydrogen-bond donors (Lipinski definition) is 1. The Labute approximate surface area is 163 Å². The van der Waals surface area contributed by atoms with Crippen LogP contribution in [0.5, 0.6) is 0 Å². The second-order valence-corrected chi connectivity index (χ2v) is 6.99. The van der Waals surface area contributed by atoms with Crippen molar-refractivity contribution in [3.63, 3.8) is 0 Å². The summed E-state index contributed by atoms with van der Waals surface area (Å²) in [6.07, 6.45) is 0. The molecule has 1 fully saturated rings. The van der Waals surface area contributed by atoms with E-state index in [1.807, 2.05) is 17.0 Å². The largest absolute Gasteiger partial charge is 0.395 e. The third-order valence-electron chi connectivity index (χ3n) is 5.13. The number of nitro groups is 1. The summed E-state index contributed by atoms with van der Waals surface area (Å²) in [4.78, 5) is 27.4. The third kappa shape index (κ3) is 4.20. The van der Waals surface area contributed by atoms with Crippen molar-refractivity contribution in [2.75, 3.05) is 39.3 Å². The Morgan fingerprint density at radius 3 is 2.36 bits per heavy atom. The number of β-amino-alcohol motifs (C(OH)–C–C–N with tert-alkyl or cyclic N) is 1. The molecule has 1 saturated heterocycles. The summed E-state index contributed by atoms with van der Waals surface area (Å²) in [7, 11) is 0. The van der Waals surface area contributed by atoms with E-state index in [-0.39, 0.29) is 18.2 Å². The fourth-order valence-corrected chi connectivity index (χ4v) is 3.53. The molecule has 28 heavy (non-hydrogen) atoms. The summed E-state index contributed by atoms with van der Waals surface area (Å²) < 4.78 is 1.62. The van der Waals surface area contributed by atoms with Gasteiger partial charge in [0.05, 0.1) is 18.1 Å². The third-order valence-corrected chi connectivity index (χ3v) is 5.13. The van der Waals surface area contributed by atoms with Gasteiger partial charge in [0.25, 0.3) is 5.91 Å². The van der Waals surface area contributed by atoms with Crippen molar-refractivity contribution in [3.05, 3.63) is 56.9 Å². The van der Waals surface area contributed by atoms with E-state index in [9.17, 15) is 14.9 Å². The molecule has 1 N–H and O–H groups in total. The molecule has 9 nitrogen and oxygen atoms in total. The highest BCUT2D eigenvalue weighted by atomic mass is 16.6. The van der Waals surface area contributed by atoms with Crippen molar-refractivity contribution in [1.29, 1.82) is 0 Å². The number of nitrogens with zero attached hydrogens (tertiary/aromatic N) is 5. The van der Waals surface area contributed by atoms with Gasteiger partial charge in [0.1, 0.15) is 11.4 Å². The average Bonchev–Trinajstić information content (AvgIpc) is 2.96. The number of aromatic nitrogens is 2. The highest BCUT2D eigenvalue weighted by Crippen LogP contribution is 2.22. The van der Waals surface area contributed by atoms with Crippen molar-refractivity contribution in [1.82, 2.24) is 19.6 Å². The summed E-state index contributed by atoms with van der Waals surface area (Å²) >= 11 is 0. The van der Waals surface area contributed by atoms with Gasteiger partial charge in [-0.2, -0.15) is 5.10 Å². The fraction of sp³-hybridized carbons (Fsp3) is 0.474. The predicted octanol–water partition coefficient (Wildman–Crippen LogP) is 1.21. The number of amides is 1. The molecular formula is C19H25N5O4. The number of aliphatic hydroxyl groups excluding tert-OH is 1. The number of carbonyl (C=O) groups is 1. The maximum absolute atomic E-state index is 12.7. The molecule has 1 aliphatic rings. The van der Waals surface area contributed by atoms with Crippen LogP contribution in [0.1, 0.15) is 27.3 Å². The minimum atomic E-state index is -0.407. The van der Waals surface area contributed by atoms with Gasteiger partial charge in [-0.3, -0.25) is 24.5 Å². The van der Waals surface area contributed by atoms with Crippen LogP contribution < -0.4 is 0 Å². The van der Waals surface area contributed by atoms with E-state index in [1.54, 1.807) is 30.7 Å². The van der Waals surface area contributed by atoms with Gasteiger partial charge in [0.2, 0.25) is 0 Å². The van der Waals surface area contributed by atoms with Crippen molar-refractivity contribution in [3.8, 4) is 0 Å². The summed E-state index contributed by atoms with van der Waals surface area (Å²) in [5.41, 5.74) is 2.51. The topological polar surface area (TPSA) is 105 Å². The predicted molar refractivity (Wildman–Crippen MR) is 103 cm³/mol. The van der Waals surface area contributed by atoms with Gasteiger partial charge in [-0.1, -0.05) is 12.1 Å². The van der Waals surface area contributed by atoms with E-state index in [4.69, 9.17) is 5.11 Å². The molecule has 1 amide bonds. The zero-order chi connectivity index (χ0) is 20.3. The molecule has 0 spiro atoms. The Bertz CT molecular complexity index is 854. The normalized spacial score (nSPS) is 15.0. The lowest BCUT2D eigenvalue weighted by atomic mass is 10.1. The lowest BCUT2D eigenvalue weighted by Crippen LogP contribution is -2.49. The van der Waals surface area contributed by atoms with E-state index >= 15 is 0 Å². The first-order valence-corrected chi connectivity index (χ1v) is 9.30. The molecule has 150 valence electrons. The first-order valence-electron chi connectivity index (χ1n) is 9.30. The standard InChI is InChI=1S/C19H25N5O4/c1-14-18(24(27)28)15(2)23(20-14)13-16-3-5-17(6-4-16)19(26)22-9-7-21(8-10-22)11-12-25/h3-6,25H,7-13H2,1-2H3. The Kier molecular flexibility index (Phi) is 6.05. The van der Waals surface area contributed by atoms with Crippen LogP contribution in [0.2, 0.25) is 0 Å². The zero-order valence-corrected chi connectivity index (χ0v) is 16.2. The minimum Gasteiger partial charge on any atom is -0.395 e. The van der Waals surface area contributed by atoms with Crippen molar-refractivity contribution < 1.29 is 14.8 Å². The van der Waals surface area contributed by atoms with Crippen LogP contribution in [0, 0.1) is 24.0 Å². The molecule has 9 heteroatoms. The molecular weight excluding hydrogens is 362 g/mol. The van der Waals surface area contributed by atoms with Gasteiger partial charge in [-0.15, -0.1) is 0 Å². The number of aryl methyl sites for hydroxylation is 1. The van der Waals surface area contributed by atoms with E-state index in [0.29, 0.717) is 43.1 Å². The maximum Gasteiger partial charge on any atom is 0.312 e. The quantitative estimate of drug-likeness (QED) is 0.590. The second kappa shape index (κ2) is 8.49. The first-order chi connectivity index (χ1) is 13.4. The molecule has 0 bridgehead atoms. The smallest absolute Gasteiger partial charge is 0.312 e. The summed E-state index contributed by atoms with van der Waals surface area (Å²) in [6, 6.07) is 7.30. The molecule has 0 aliphatic carbocycles. The lowest BCUT2D eigenvalue weighted by Gasteiger charge is -2.34. The van der Waals surface area contributed by atoms with Crippen molar-refractivity contribution >= 4 is 11.6 Å². The number of benzene rings is 1. The number of piperazine rings is 1. The molecule has 0 unspecified atom stereocenters. The van der Waals surface area contributed by atoms with Gasteiger partial charge < -0.3 is 10.0 Å². The van der Waals surface area contributed by atoms with Crippen LogP contribution in [0.4, 0.5) is 5.69 Å². The Morgan fingerprint density at radius 2 is 1.82 bits per heavy atom. The fourth-order valence-electron chi connectivity index (χ4n) is 3.53. The van der Waals surface area contributed by atoms with Crippen molar-refractivity contribution in [2.45, 2.75) is 20.4 Å². The van der Waals surface area contributed by atoms with Gasteiger partial charge >= 0.3 is 5.69 Å². The van der Waals surface area contributed by atoms with Gasteiger partial charge in [0, 0.05) is 38.3 Å². The molecule has 2 heterocycles. The van der Waals surface area contributed by atoms with E-state index in [1.165, 1.54) is 0 Å². The molecule has 3 rings (SSSR count). The summed E-state index contributed by atoms with van der Waals surface area (Å²) in [5, 5.41) is 24.4. The Morgan fingerprint density at radius 1 is 1.18 bits per heavy atom. The molecule has 1 aliphatic heterocycles. The van der Waals surface area contributed by atoms with Gasteiger partial charge in [0.15, 0.2) is 0 Å². The van der Waals surface area contributed by atoms with Crippen LogP contribution in [0.25, 0.3) is 0 Å². The SMILES string of the molecule is Cc1nn(Cc2ccc(C(=O)N3CCN(CCO)CC3)cc2)c(C)c1[N+](=O)[O-]. The van der Waals surface area contributed by atoms with E-state index in [2.05, 4.69) is 10.00 Å². The second-order valence-electron chi connectivity index (χ2n) is 6.99. The number of carbonyl (C=O) groups excluding carboxylic acids is 1. The molecule has 1 aromatic carbocycles. The molecule has 0 radical (unpaired) electrons. The molecule has 0 saturated carbocycles. The molecule has 1 aromatic heterocycles. The molecule has 2 aromatic rings. The Hall–Kier alpha value is -2.78. The highest BCUT2D eigenvalue weighted by Gasteiger charge is 2.23. The number of hydrogen-bond acceptors (Lipinski definition) is 6. The average molecular weight is 387 g/mol. The van der Waals surface area contributed by atoms with Crippen LogP contribution >= 0.6 is 0 Å². The van der Waals surface area contributed by atoms with Crippen LogP contribution in [0.3, 0.4) is 0 Å². The molecule has 0 atom stereocenters. The monoisotopic (exact) mass is 387 g/mol. The van der Waals surface area contributed by atoms with E-state index in [0.717, 1.165) is 18.7 Å². The summed E-state index contributed by atoms with van der Waals surface area (Å²) in [6.45, 7) is 7.33. The van der Waals surface area contributed by atoms with E-state index < -0.39 is 4.92 Å². The van der Waals surface area contributed by atoms with Crippen molar-refractivity contribution in [2.24, 2.45) is 0 Å². The van der Waals surface area contributed by atoms with Crippen LogP contribution in [-0.4, -0.2) is 74.8 Å². The zero-order valence-electron chi connectivity index (χ0n) is 16.2. The first kappa shape index (κ1) is 20.0. The van der Waals surface area contributed by atoms with Crippen LogP contribution in [0.15, 0.2) is 24.3 Å². The summed E-state index contributed by atoms with van der Waals surface area (Å²) in [5.74, 6) is -0.00282. The number of rotatable bonds is 6. The lowest BCUT2D eigenvalue weighted by molar-refractivity contribution is -0.386. The van der Waals surface area contributed by atoms with Gasteiger partial charge in [-0.05, 0) is 31.5 Å². The number of aliphatic hydroxyl groups is 1. The Balaban J connectivity index is 1.65. The maximum atomic E-state index is 12.7.